The molecular weight excluding hydrogens is 242 g/mol. The highest BCUT2D eigenvalue weighted by Gasteiger charge is 2.14. The van der Waals surface area contributed by atoms with Crippen LogP contribution in [0.5, 0.6) is 0 Å². The molecule has 20 heavy (non-hydrogen) atoms. The maximum absolute atomic E-state index is 3.49. The van der Waals surface area contributed by atoms with Gasteiger partial charge in [-0.1, -0.05) is 76.3 Å². The number of unbranched alkanes of at least 4 members (excludes halogenated alkanes) is 4. The molecule has 0 bridgehead atoms. The van der Waals surface area contributed by atoms with Crippen molar-refractivity contribution in [1.29, 1.82) is 0 Å². The third kappa shape index (κ3) is 5.80. The summed E-state index contributed by atoms with van der Waals surface area (Å²) in [4.78, 5) is 2.42. The summed E-state index contributed by atoms with van der Waals surface area (Å²) >= 11 is 0. The van der Waals surface area contributed by atoms with Crippen LogP contribution in [0.2, 0.25) is 0 Å². The third-order valence-electron chi connectivity index (χ3n) is 3.69. The molecule has 1 atom stereocenters. The van der Waals surface area contributed by atoms with Crippen LogP contribution in [0.3, 0.4) is 0 Å². The maximum atomic E-state index is 3.49. The SMILES string of the molecule is CCCCCCC#CC(c1ccccc1)N(CC)CC. The molecule has 110 valence electrons. The Bertz CT molecular complexity index is 395. The quantitative estimate of drug-likeness (QED) is 0.473. The van der Waals surface area contributed by atoms with Crippen molar-refractivity contribution in [3.05, 3.63) is 35.9 Å². The zero-order valence-electron chi connectivity index (χ0n) is 13.4. The highest BCUT2D eigenvalue weighted by molar-refractivity contribution is 5.27. The van der Waals surface area contributed by atoms with Crippen LogP contribution in [0.4, 0.5) is 0 Å². The van der Waals surface area contributed by atoms with Gasteiger partial charge in [-0.15, -0.1) is 5.92 Å². The van der Waals surface area contributed by atoms with Gasteiger partial charge in [0.2, 0.25) is 0 Å². The number of nitrogens with zero attached hydrogens (tertiary/aromatic N) is 1. The van der Waals surface area contributed by atoms with E-state index in [1.54, 1.807) is 0 Å². The van der Waals surface area contributed by atoms with E-state index in [9.17, 15) is 0 Å². The van der Waals surface area contributed by atoms with Crippen molar-refractivity contribution in [3.8, 4) is 11.8 Å². The van der Waals surface area contributed by atoms with Gasteiger partial charge in [0.1, 0.15) is 0 Å². The van der Waals surface area contributed by atoms with Crippen LogP contribution in [-0.2, 0) is 0 Å². The second kappa shape index (κ2) is 10.5. The zero-order valence-corrected chi connectivity index (χ0v) is 13.4. The fourth-order valence-electron chi connectivity index (χ4n) is 2.42. The molecule has 0 aliphatic heterocycles. The van der Waals surface area contributed by atoms with Crippen molar-refractivity contribution < 1.29 is 0 Å². The molecule has 0 aliphatic rings. The lowest BCUT2D eigenvalue weighted by atomic mass is 10.1. The van der Waals surface area contributed by atoms with Gasteiger partial charge in [0.05, 0.1) is 6.04 Å². The molecule has 0 saturated carbocycles. The minimum absolute atomic E-state index is 0.248. The average molecular weight is 271 g/mol. The van der Waals surface area contributed by atoms with Crippen molar-refractivity contribution >= 4 is 0 Å². The highest BCUT2D eigenvalue weighted by atomic mass is 15.1. The zero-order chi connectivity index (χ0) is 14.6. The van der Waals surface area contributed by atoms with Crippen molar-refractivity contribution in [1.82, 2.24) is 4.90 Å². The Morgan fingerprint density at radius 2 is 1.65 bits per heavy atom. The van der Waals surface area contributed by atoms with Crippen LogP contribution in [0.1, 0.15) is 64.5 Å². The van der Waals surface area contributed by atoms with Crippen LogP contribution in [-0.4, -0.2) is 18.0 Å². The van der Waals surface area contributed by atoms with E-state index in [4.69, 9.17) is 0 Å². The molecule has 1 aromatic carbocycles. The van der Waals surface area contributed by atoms with E-state index in [-0.39, 0.29) is 6.04 Å². The molecule has 0 heterocycles. The van der Waals surface area contributed by atoms with E-state index in [0.717, 1.165) is 19.5 Å². The molecule has 1 unspecified atom stereocenters. The lowest BCUT2D eigenvalue weighted by molar-refractivity contribution is 0.264. The van der Waals surface area contributed by atoms with Gasteiger partial charge in [0.15, 0.2) is 0 Å². The van der Waals surface area contributed by atoms with Crippen LogP contribution in [0, 0.1) is 11.8 Å². The van der Waals surface area contributed by atoms with Crippen LogP contribution in [0.15, 0.2) is 30.3 Å². The van der Waals surface area contributed by atoms with Gasteiger partial charge in [-0.3, -0.25) is 4.90 Å². The Kier molecular flexibility index (Phi) is 8.83. The van der Waals surface area contributed by atoms with Gasteiger partial charge in [0, 0.05) is 6.42 Å². The third-order valence-corrected chi connectivity index (χ3v) is 3.69. The number of hydrogen-bond acceptors (Lipinski definition) is 1. The molecule has 0 spiro atoms. The molecule has 0 aromatic heterocycles. The summed E-state index contributed by atoms with van der Waals surface area (Å²) in [6, 6.07) is 10.9. The fraction of sp³-hybridized carbons (Fsp3) is 0.579. The van der Waals surface area contributed by atoms with E-state index in [2.05, 4.69) is 67.8 Å². The maximum Gasteiger partial charge on any atom is 0.0970 e. The van der Waals surface area contributed by atoms with E-state index in [1.165, 1.54) is 31.2 Å². The molecule has 1 nitrogen and oxygen atoms in total. The summed E-state index contributed by atoms with van der Waals surface area (Å²) < 4.78 is 0. The molecule has 1 rings (SSSR count). The van der Waals surface area contributed by atoms with E-state index >= 15 is 0 Å². The summed E-state index contributed by atoms with van der Waals surface area (Å²) in [6.07, 6.45) is 6.21. The topological polar surface area (TPSA) is 3.24 Å². The van der Waals surface area contributed by atoms with Gasteiger partial charge in [-0.2, -0.15) is 0 Å². The second-order valence-corrected chi connectivity index (χ2v) is 5.17. The predicted molar refractivity (Wildman–Crippen MR) is 88.6 cm³/mol. The van der Waals surface area contributed by atoms with Gasteiger partial charge in [0.25, 0.3) is 0 Å². The first-order valence-corrected chi connectivity index (χ1v) is 8.10. The lowest BCUT2D eigenvalue weighted by Gasteiger charge is -2.25. The normalized spacial score (nSPS) is 12.0. The molecular formula is C19H29N. The Balaban J connectivity index is 2.67. The molecule has 0 radical (unpaired) electrons. The predicted octanol–water partition coefficient (Wildman–Crippen LogP) is 5.04. The van der Waals surface area contributed by atoms with Crippen molar-refractivity contribution in [2.75, 3.05) is 13.1 Å². The monoisotopic (exact) mass is 271 g/mol. The second-order valence-electron chi connectivity index (χ2n) is 5.17. The van der Waals surface area contributed by atoms with Crippen LogP contribution < -0.4 is 0 Å². The highest BCUT2D eigenvalue weighted by Crippen LogP contribution is 2.19. The summed E-state index contributed by atoms with van der Waals surface area (Å²) in [5, 5.41) is 0. The van der Waals surface area contributed by atoms with Crippen molar-refractivity contribution in [3.63, 3.8) is 0 Å². The van der Waals surface area contributed by atoms with Crippen LogP contribution in [0.25, 0.3) is 0 Å². The molecule has 1 aromatic rings. The summed E-state index contributed by atoms with van der Waals surface area (Å²) in [5.41, 5.74) is 1.32. The average Bonchev–Trinajstić information content (AvgIpc) is 2.50. The Hall–Kier alpha value is -1.26. The van der Waals surface area contributed by atoms with Gasteiger partial charge < -0.3 is 0 Å². The molecule has 1 heteroatoms. The fourth-order valence-corrected chi connectivity index (χ4v) is 2.42. The van der Waals surface area contributed by atoms with Gasteiger partial charge in [-0.25, -0.2) is 0 Å². The van der Waals surface area contributed by atoms with Gasteiger partial charge in [-0.05, 0) is 25.1 Å². The smallest absolute Gasteiger partial charge is 0.0970 e. The van der Waals surface area contributed by atoms with E-state index < -0.39 is 0 Å². The molecule has 0 amide bonds. The Morgan fingerprint density at radius 3 is 2.25 bits per heavy atom. The summed E-state index contributed by atoms with van der Waals surface area (Å²) in [5.74, 6) is 6.89. The number of hydrogen-bond donors (Lipinski definition) is 0. The molecule has 0 fully saturated rings. The van der Waals surface area contributed by atoms with E-state index in [1.807, 2.05) is 0 Å². The standard InChI is InChI=1S/C19H29N/c1-4-7-8-9-10-14-17-19(20(5-2)6-3)18-15-12-11-13-16-18/h11-13,15-16,19H,4-10H2,1-3H3. The minimum atomic E-state index is 0.248. The number of rotatable bonds is 8. The lowest BCUT2D eigenvalue weighted by Crippen LogP contribution is -2.27. The Morgan fingerprint density at radius 1 is 0.950 bits per heavy atom. The first-order chi connectivity index (χ1) is 9.83. The van der Waals surface area contributed by atoms with Crippen LogP contribution >= 0.6 is 0 Å². The molecule has 0 N–H and O–H groups in total. The van der Waals surface area contributed by atoms with Crippen molar-refractivity contribution in [2.24, 2.45) is 0 Å². The first kappa shape index (κ1) is 16.8. The Labute approximate surface area is 125 Å². The first-order valence-electron chi connectivity index (χ1n) is 8.10. The summed E-state index contributed by atoms with van der Waals surface area (Å²) in [6.45, 7) is 8.75. The molecule has 0 saturated heterocycles. The summed E-state index contributed by atoms with van der Waals surface area (Å²) in [7, 11) is 0. The van der Waals surface area contributed by atoms with Gasteiger partial charge >= 0.3 is 0 Å². The van der Waals surface area contributed by atoms with E-state index in [0.29, 0.717) is 0 Å². The molecule has 0 aliphatic carbocycles. The van der Waals surface area contributed by atoms with Crippen molar-refractivity contribution in [2.45, 2.75) is 58.9 Å². The number of benzene rings is 1. The minimum Gasteiger partial charge on any atom is -0.287 e. The largest absolute Gasteiger partial charge is 0.287 e.